The Balaban J connectivity index is 1.99. The lowest BCUT2D eigenvalue weighted by molar-refractivity contribution is 0.0465. The fourth-order valence-electron chi connectivity index (χ4n) is 4.62. The molecule has 0 bridgehead atoms. The average molecular weight is 417 g/mol. The molecule has 2 aromatic rings. The van der Waals surface area contributed by atoms with Crippen molar-refractivity contribution in [2.45, 2.75) is 13.8 Å². The summed E-state index contributed by atoms with van der Waals surface area (Å²) in [6, 6.07) is 15.3. The molecule has 160 valence electrons. The van der Waals surface area contributed by atoms with Gasteiger partial charge in [0.15, 0.2) is 0 Å². The molecule has 4 nitrogen and oxygen atoms in total. The van der Waals surface area contributed by atoms with Crippen LogP contribution in [0, 0.1) is 17.3 Å². The van der Waals surface area contributed by atoms with Crippen molar-refractivity contribution in [3.8, 4) is 0 Å². The van der Waals surface area contributed by atoms with Crippen molar-refractivity contribution in [3.05, 3.63) is 94.5 Å². The molecule has 0 saturated carbocycles. The molecular formula is C27H28O4. The van der Waals surface area contributed by atoms with Crippen LogP contribution in [0.25, 0.3) is 23.3 Å². The molecule has 2 aliphatic rings. The zero-order valence-corrected chi connectivity index (χ0v) is 17.8. The van der Waals surface area contributed by atoms with Gasteiger partial charge < -0.3 is 20.4 Å². The summed E-state index contributed by atoms with van der Waals surface area (Å²) in [6.07, 6.45) is 7.94. The third-order valence-corrected chi connectivity index (χ3v) is 6.50. The van der Waals surface area contributed by atoms with E-state index in [2.05, 4.69) is 0 Å². The maximum atomic E-state index is 11.6. The molecule has 4 N–H and O–H groups in total. The van der Waals surface area contributed by atoms with Gasteiger partial charge in [-0.1, -0.05) is 86.7 Å². The number of benzene rings is 2. The summed E-state index contributed by atoms with van der Waals surface area (Å²) < 4.78 is 0. The van der Waals surface area contributed by atoms with Crippen LogP contribution in [0.4, 0.5) is 0 Å². The quantitative estimate of drug-likeness (QED) is 0.515. The highest BCUT2D eigenvalue weighted by atomic mass is 16.3. The van der Waals surface area contributed by atoms with Crippen molar-refractivity contribution in [1.29, 1.82) is 0 Å². The van der Waals surface area contributed by atoms with Gasteiger partial charge >= 0.3 is 0 Å². The molecule has 0 amide bonds. The summed E-state index contributed by atoms with van der Waals surface area (Å²) in [5.41, 5.74) is 3.02. The molecule has 2 aromatic carbocycles. The number of fused-ring (bicyclic) bond motifs is 2. The van der Waals surface area contributed by atoms with Gasteiger partial charge in [-0.2, -0.15) is 0 Å². The molecule has 4 rings (SSSR count). The first kappa shape index (κ1) is 21.2. The summed E-state index contributed by atoms with van der Waals surface area (Å²) >= 11 is 0. The number of hydrogen-bond donors (Lipinski definition) is 4. The van der Waals surface area contributed by atoms with E-state index in [-0.39, 0.29) is 23.4 Å². The van der Waals surface area contributed by atoms with Crippen LogP contribution < -0.4 is 0 Å². The van der Waals surface area contributed by atoms with Gasteiger partial charge in [-0.05, 0) is 22.3 Å². The normalized spacial score (nSPS) is 23.2. The minimum atomic E-state index is -1.72. The third-order valence-electron chi connectivity index (χ3n) is 6.50. The van der Waals surface area contributed by atoms with Crippen molar-refractivity contribution >= 4 is 23.3 Å². The molecule has 0 saturated heterocycles. The maximum Gasteiger partial charge on any atom is 0.131 e. The van der Waals surface area contributed by atoms with E-state index >= 15 is 0 Å². The minimum Gasteiger partial charge on any atom is -0.511 e. The molecule has 0 fully saturated rings. The van der Waals surface area contributed by atoms with Crippen LogP contribution in [-0.2, 0) is 0 Å². The van der Waals surface area contributed by atoms with E-state index in [1.165, 1.54) is 0 Å². The molecular weight excluding hydrogens is 388 g/mol. The molecule has 0 heterocycles. The average Bonchev–Trinajstić information content (AvgIpc) is 2.79. The van der Waals surface area contributed by atoms with Gasteiger partial charge in [0.2, 0.25) is 0 Å². The van der Waals surface area contributed by atoms with Gasteiger partial charge in [0.1, 0.15) is 16.9 Å². The molecule has 0 aliphatic heterocycles. The first-order chi connectivity index (χ1) is 14.9. The van der Waals surface area contributed by atoms with Crippen LogP contribution in [0.3, 0.4) is 0 Å². The Morgan fingerprint density at radius 3 is 1.48 bits per heavy atom. The van der Waals surface area contributed by atoms with Gasteiger partial charge in [-0.3, -0.25) is 0 Å². The molecule has 0 aromatic heterocycles. The van der Waals surface area contributed by atoms with Crippen LogP contribution in [0.2, 0.25) is 0 Å². The number of aliphatic hydroxyl groups excluding tert-OH is 4. The predicted octanol–water partition coefficient (Wildman–Crippen LogP) is 5.22. The number of hydrogen-bond acceptors (Lipinski definition) is 4. The molecule has 2 aliphatic carbocycles. The van der Waals surface area contributed by atoms with E-state index in [1.807, 2.05) is 86.7 Å². The topological polar surface area (TPSA) is 80.9 Å². The smallest absolute Gasteiger partial charge is 0.131 e. The van der Waals surface area contributed by atoms with Crippen molar-refractivity contribution in [1.82, 2.24) is 0 Å². The highest BCUT2D eigenvalue weighted by molar-refractivity contribution is 5.85. The van der Waals surface area contributed by atoms with Gasteiger partial charge in [0.05, 0.1) is 13.2 Å². The van der Waals surface area contributed by atoms with Gasteiger partial charge in [0, 0.05) is 23.0 Å². The Morgan fingerprint density at radius 1 is 0.710 bits per heavy atom. The zero-order valence-electron chi connectivity index (χ0n) is 17.8. The van der Waals surface area contributed by atoms with Crippen molar-refractivity contribution in [3.63, 3.8) is 0 Å². The van der Waals surface area contributed by atoms with Crippen molar-refractivity contribution in [2.75, 3.05) is 13.2 Å². The molecule has 4 heteroatoms. The van der Waals surface area contributed by atoms with Gasteiger partial charge in [-0.15, -0.1) is 0 Å². The number of aliphatic hydroxyl groups is 4. The zero-order chi connectivity index (χ0) is 22.2. The number of rotatable bonds is 4. The Morgan fingerprint density at radius 2 is 1.10 bits per heavy atom. The fourth-order valence-corrected chi connectivity index (χ4v) is 4.62. The first-order valence-electron chi connectivity index (χ1n) is 10.6. The first-order valence-corrected chi connectivity index (χ1v) is 10.6. The second kappa shape index (κ2) is 8.22. The summed E-state index contributed by atoms with van der Waals surface area (Å²) in [6.45, 7) is 2.63. The van der Waals surface area contributed by atoms with E-state index in [9.17, 15) is 20.4 Å². The molecule has 0 radical (unpaired) electrons. The SMILES string of the molecule is CC1C=Cc2ccccc2C1=C(O)C(CO)(CO)C(O)=C1c2ccccc2C=CC1C. The Labute approximate surface area is 182 Å². The monoisotopic (exact) mass is 416 g/mol. The Kier molecular flexibility index (Phi) is 5.61. The Bertz CT molecular complexity index is 1030. The maximum absolute atomic E-state index is 11.6. The van der Waals surface area contributed by atoms with Crippen LogP contribution in [0.1, 0.15) is 36.1 Å². The largest absolute Gasteiger partial charge is 0.511 e. The van der Waals surface area contributed by atoms with E-state index in [0.29, 0.717) is 11.1 Å². The predicted molar refractivity (Wildman–Crippen MR) is 125 cm³/mol. The summed E-state index contributed by atoms with van der Waals surface area (Å²) in [5.74, 6) is -0.709. The lowest BCUT2D eigenvalue weighted by atomic mass is 9.72. The second-order valence-electron chi connectivity index (χ2n) is 8.39. The molecule has 2 unspecified atom stereocenters. The minimum absolute atomic E-state index is 0.152. The van der Waals surface area contributed by atoms with Crippen LogP contribution in [-0.4, -0.2) is 33.6 Å². The molecule has 31 heavy (non-hydrogen) atoms. The highest BCUT2D eigenvalue weighted by Crippen LogP contribution is 2.47. The van der Waals surface area contributed by atoms with Crippen LogP contribution >= 0.6 is 0 Å². The van der Waals surface area contributed by atoms with Crippen LogP contribution in [0.5, 0.6) is 0 Å². The summed E-state index contributed by atoms with van der Waals surface area (Å²) in [4.78, 5) is 0. The van der Waals surface area contributed by atoms with Crippen molar-refractivity contribution in [2.24, 2.45) is 17.3 Å². The third kappa shape index (κ3) is 3.32. The lowest BCUT2D eigenvalue weighted by Crippen LogP contribution is -2.37. The Hall–Kier alpha value is -3.08. The van der Waals surface area contributed by atoms with E-state index in [0.717, 1.165) is 22.3 Å². The number of allylic oxidation sites excluding steroid dienone is 4. The van der Waals surface area contributed by atoms with Crippen molar-refractivity contribution < 1.29 is 20.4 Å². The van der Waals surface area contributed by atoms with Gasteiger partial charge in [-0.25, -0.2) is 0 Å². The summed E-state index contributed by atoms with van der Waals surface area (Å²) in [5, 5.41) is 44.0. The standard InChI is InChI=1S/C27H28O4/c1-17-11-13-19-7-3-5-9-21(19)23(17)25(30)27(15-28,16-29)26(31)24-18(2)12-14-20-8-4-6-10-22(20)24/h3-14,17-18,28-31H,15-16H2,1-2H3. The van der Waals surface area contributed by atoms with E-state index in [1.54, 1.807) is 0 Å². The fraction of sp³-hybridized carbons (Fsp3) is 0.259. The highest BCUT2D eigenvalue weighted by Gasteiger charge is 2.44. The van der Waals surface area contributed by atoms with Crippen LogP contribution in [0.15, 0.2) is 72.2 Å². The molecule has 2 atom stereocenters. The van der Waals surface area contributed by atoms with E-state index < -0.39 is 18.6 Å². The molecule has 0 spiro atoms. The van der Waals surface area contributed by atoms with E-state index in [4.69, 9.17) is 0 Å². The summed E-state index contributed by atoms with van der Waals surface area (Å²) in [7, 11) is 0. The second-order valence-corrected chi connectivity index (χ2v) is 8.39. The lowest BCUT2D eigenvalue weighted by Gasteiger charge is -2.35. The van der Waals surface area contributed by atoms with Gasteiger partial charge in [0.25, 0.3) is 0 Å².